The van der Waals surface area contributed by atoms with Crippen LogP contribution in [0, 0.1) is 13.8 Å². The SMILES string of the molecule is COC(=O)c1ccccc1NC(=O)c1c(C)n(CCc2ccccc2)c(C)cc1=O. The second-order valence-corrected chi connectivity index (χ2v) is 6.99. The van der Waals surface area contributed by atoms with Crippen LogP contribution in [0.1, 0.15) is 37.7 Å². The topological polar surface area (TPSA) is 77.4 Å². The number of anilines is 1. The molecule has 30 heavy (non-hydrogen) atoms. The number of ether oxygens (including phenoxy) is 1. The number of rotatable bonds is 6. The van der Waals surface area contributed by atoms with E-state index in [0.29, 0.717) is 17.9 Å². The van der Waals surface area contributed by atoms with E-state index < -0.39 is 11.9 Å². The van der Waals surface area contributed by atoms with Gasteiger partial charge in [-0.05, 0) is 38.0 Å². The maximum absolute atomic E-state index is 13.0. The molecular formula is C24H24N2O4. The number of para-hydroxylation sites is 1. The summed E-state index contributed by atoms with van der Waals surface area (Å²) in [5.41, 5.74) is 2.78. The third kappa shape index (κ3) is 4.49. The molecule has 1 aromatic heterocycles. The molecule has 3 rings (SSSR count). The first-order valence-corrected chi connectivity index (χ1v) is 9.66. The summed E-state index contributed by atoms with van der Waals surface area (Å²) in [6, 6.07) is 18.0. The lowest BCUT2D eigenvalue weighted by atomic mass is 10.1. The monoisotopic (exact) mass is 404 g/mol. The van der Waals surface area contributed by atoms with Crippen molar-refractivity contribution in [1.29, 1.82) is 0 Å². The maximum Gasteiger partial charge on any atom is 0.339 e. The van der Waals surface area contributed by atoms with Crippen LogP contribution in [0.3, 0.4) is 0 Å². The fourth-order valence-corrected chi connectivity index (χ4v) is 3.49. The predicted octanol–water partition coefficient (Wildman–Crippen LogP) is 3.75. The number of nitrogens with one attached hydrogen (secondary N) is 1. The molecule has 6 nitrogen and oxygen atoms in total. The molecule has 0 unspecified atom stereocenters. The quantitative estimate of drug-likeness (QED) is 0.635. The summed E-state index contributed by atoms with van der Waals surface area (Å²) in [6.07, 6.45) is 0.775. The van der Waals surface area contributed by atoms with Gasteiger partial charge < -0.3 is 14.6 Å². The fourth-order valence-electron chi connectivity index (χ4n) is 3.49. The van der Waals surface area contributed by atoms with E-state index in [0.717, 1.165) is 12.1 Å². The highest BCUT2D eigenvalue weighted by Gasteiger charge is 2.20. The van der Waals surface area contributed by atoms with Crippen molar-refractivity contribution in [2.24, 2.45) is 0 Å². The number of hydrogen-bond acceptors (Lipinski definition) is 4. The number of benzene rings is 2. The van der Waals surface area contributed by atoms with Gasteiger partial charge in [0.25, 0.3) is 5.91 Å². The van der Waals surface area contributed by atoms with E-state index in [9.17, 15) is 14.4 Å². The highest BCUT2D eigenvalue weighted by Crippen LogP contribution is 2.18. The summed E-state index contributed by atoms with van der Waals surface area (Å²) < 4.78 is 6.73. The molecule has 1 N–H and O–H groups in total. The molecule has 3 aromatic rings. The standard InChI is InChI=1S/C24H24N2O4/c1-16-15-21(27)22(17(2)26(16)14-13-18-9-5-4-6-10-18)23(28)25-20-12-8-7-11-19(20)24(29)30-3/h4-12,15H,13-14H2,1-3H3,(H,25,28). The van der Waals surface area contributed by atoms with Crippen molar-refractivity contribution in [3.8, 4) is 0 Å². The molecule has 0 atom stereocenters. The third-order valence-corrected chi connectivity index (χ3v) is 5.05. The first-order chi connectivity index (χ1) is 14.4. The van der Waals surface area contributed by atoms with Gasteiger partial charge in [0.2, 0.25) is 0 Å². The van der Waals surface area contributed by atoms with Crippen LogP contribution in [-0.2, 0) is 17.7 Å². The van der Waals surface area contributed by atoms with Crippen molar-refractivity contribution >= 4 is 17.6 Å². The van der Waals surface area contributed by atoms with Crippen molar-refractivity contribution in [3.63, 3.8) is 0 Å². The van der Waals surface area contributed by atoms with E-state index >= 15 is 0 Å². The molecule has 0 saturated heterocycles. The van der Waals surface area contributed by atoms with E-state index in [1.54, 1.807) is 31.2 Å². The zero-order chi connectivity index (χ0) is 21.7. The number of aryl methyl sites for hydroxylation is 2. The number of pyridine rings is 1. The second-order valence-electron chi connectivity index (χ2n) is 6.99. The molecule has 2 aromatic carbocycles. The average molecular weight is 404 g/mol. The molecule has 154 valence electrons. The Labute approximate surface area is 175 Å². The van der Waals surface area contributed by atoms with Crippen molar-refractivity contribution < 1.29 is 14.3 Å². The van der Waals surface area contributed by atoms with Crippen LogP contribution >= 0.6 is 0 Å². The predicted molar refractivity (Wildman–Crippen MR) is 116 cm³/mol. The minimum Gasteiger partial charge on any atom is -0.465 e. The first-order valence-electron chi connectivity index (χ1n) is 9.66. The van der Waals surface area contributed by atoms with Crippen molar-refractivity contribution in [1.82, 2.24) is 4.57 Å². The molecule has 1 amide bonds. The number of nitrogens with zero attached hydrogens (tertiary/aromatic N) is 1. The van der Waals surface area contributed by atoms with E-state index in [4.69, 9.17) is 4.74 Å². The summed E-state index contributed by atoms with van der Waals surface area (Å²) in [5.74, 6) is -1.12. The summed E-state index contributed by atoms with van der Waals surface area (Å²) >= 11 is 0. The third-order valence-electron chi connectivity index (χ3n) is 5.05. The van der Waals surface area contributed by atoms with Gasteiger partial charge in [-0.2, -0.15) is 0 Å². The number of amides is 1. The van der Waals surface area contributed by atoms with Gasteiger partial charge >= 0.3 is 5.97 Å². The Kier molecular flexibility index (Phi) is 6.47. The summed E-state index contributed by atoms with van der Waals surface area (Å²) in [6.45, 7) is 4.26. The largest absolute Gasteiger partial charge is 0.465 e. The van der Waals surface area contributed by atoms with Gasteiger partial charge in [-0.1, -0.05) is 42.5 Å². The molecule has 0 aliphatic carbocycles. The smallest absolute Gasteiger partial charge is 0.339 e. The van der Waals surface area contributed by atoms with Crippen LogP contribution in [0.5, 0.6) is 0 Å². The van der Waals surface area contributed by atoms with E-state index in [2.05, 4.69) is 5.32 Å². The van der Waals surface area contributed by atoms with Crippen molar-refractivity contribution in [2.45, 2.75) is 26.8 Å². The average Bonchev–Trinajstić information content (AvgIpc) is 2.74. The number of carbonyl (C=O) groups is 2. The van der Waals surface area contributed by atoms with Crippen LogP contribution in [0.15, 0.2) is 65.5 Å². The fraction of sp³-hybridized carbons (Fsp3) is 0.208. The molecule has 0 aliphatic heterocycles. The Morgan fingerprint density at radius 3 is 2.37 bits per heavy atom. The number of aromatic nitrogens is 1. The number of hydrogen-bond donors (Lipinski definition) is 1. The molecule has 0 radical (unpaired) electrons. The molecule has 0 aliphatic rings. The second kappa shape index (κ2) is 9.22. The molecule has 0 saturated carbocycles. The van der Waals surface area contributed by atoms with Crippen LogP contribution < -0.4 is 10.7 Å². The first kappa shape index (κ1) is 21.0. The molecular weight excluding hydrogens is 380 g/mol. The Morgan fingerprint density at radius 2 is 1.67 bits per heavy atom. The van der Waals surface area contributed by atoms with Gasteiger partial charge in [-0.25, -0.2) is 4.79 Å². The summed E-state index contributed by atoms with van der Waals surface area (Å²) in [5, 5.41) is 2.69. The van der Waals surface area contributed by atoms with Gasteiger partial charge in [0.1, 0.15) is 5.56 Å². The summed E-state index contributed by atoms with van der Waals surface area (Å²) in [4.78, 5) is 37.6. The zero-order valence-corrected chi connectivity index (χ0v) is 17.3. The lowest BCUT2D eigenvalue weighted by Crippen LogP contribution is -2.28. The van der Waals surface area contributed by atoms with Gasteiger partial charge in [0.15, 0.2) is 5.43 Å². The highest BCUT2D eigenvalue weighted by atomic mass is 16.5. The van der Waals surface area contributed by atoms with Crippen LogP contribution in [0.25, 0.3) is 0 Å². The normalized spacial score (nSPS) is 10.5. The molecule has 0 bridgehead atoms. The minimum absolute atomic E-state index is 0.0633. The number of carbonyl (C=O) groups excluding carboxylic acids is 2. The molecule has 0 fully saturated rings. The van der Waals surface area contributed by atoms with Crippen molar-refractivity contribution in [3.05, 3.63) is 99.0 Å². The summed E-state index contributed by atoms with van der Waals surface area (Å²) in [7, 11) is 1.27. The van der Waals surface area contributed by atoms with Crippen LogP contribution in [0.2, 0.25) is 0 Å². The minimum atomic E-state index is -0.563. The van der Waals surface area contributed by atoms with E-state index in [1.165, 1.54) is 18.7 Å². The van der Waals surface area contributed by atoms with E-state index in [-0.39, 0.29) is 16.6 Å². The molecule has 0 spiro atoms. The lowest BCUT2D eigenvalue weighted by Gasteiger charge is -2.18. The lowest BCUT2D eigenvalue weighted by molar-refractivity contribution is 0.0602. The molecule has 1 heterocycles. The highest BCUT2D eigenvalue weighted by molar-refractivity contribution is 6.08. The van der Waals surface area contributed by atoms with Gasteiger partial charge in [-0.3, -0.25) is 9.59 Å². The Balaban J connectivity index is 1.91. The van der Waals surface area contributed by atoms with Crippen LogP contribution in [0.4, 0.5) is 5.69 Å². The van der Waals surface area contributed by atoms with E-state index in [1.807, 2.05) is 41.8 Å². The number of esters is 1. The van der Waals surface area contributed by atoms with Gasteiger partial charge in [-0.15, -0.1) is 0 Å². The zero-order valence-electron chi connectivity index (χ0n) is 17.3. The van der Waals surface area contributed by atoms with Crippen molar-refractivity contribution in [2.75, 3.05) is 12.4 Å². The molecule has 6 heteroatoms. The van der Waals surface area contributed by atoms with Gasteiger partial charge in [0, 0.05) is 24.0 Å². The van der Waals surface area contributed by atoms with Gasteiger partial charge in [0.05, 0.1) is 18.4 Å². The number of methoxy groups -OCH3 is 1. The Bertz CT molecular complexity index is 1130. The Morgan fingerprint density at radius 1 is 1.00 bits per heavy atom. The maximum atomic E-state index is 13.0. The van der Waals surface area contributed by atoms with Crippen LogP contribution in [-0.4, -0.2) is 23.6 Å². The Hall–Kier alpha value is -3.67.